The number of hydrogen-bond donors (Lipinski definition) is 1. The number of anilines is 1. The zero-order chi connectivity index (χ0) is 19.3. The summed E-state index contributed by atoms with van der Waals surface area (Å²) < 4.78 is 7.02. The average Bonchev–Trinajstić information content (AvgIpc) is 2.72. The third-order valence-electron chi connectivity index (χ3n) is 4.62. The Morgan fingerprint density at radius 1 is 0.857 bits per heavy atom. The lowest BCUT2D eigenvalue weighted by Gasteiger charge is -2.13. The van der Waals surface area contributed by atoms with E-state index < -0.39 is 0 Å². The summed E-state index contributed by atoms with van der Waals surface area (Å²) in [6, 6.07) is 28.5. The average molecular weight is 453 g/mol. The maximum Gasteiger partial charge on any atom is 0.134 e. The van der Waals surface area contributed by atoms with Gasteiger partial charge >= 0.3 is 0 Å². The van der Waals surface area contributed by atoms with E-state index in [2.05, 4.69) is 75.8 Å². The Labute approximate surface area is 178 Å². The minimum Gasteiger partial charge on any atom is -0.488 e. The topological polar surface area (TPSA) is 21.3 Å². The van der Waals surface area contributed by atoms with Crippen molar-refractivity contribution in [1.29, 1.82) is 0 Å². The molecule has 0 heterocycles. The Morgan fingerprint density at radius 2 is 1.64 bits per heavy atom. The van der Waals surface area contributed by atoms with Crippen molar-refractivity contribution < 1.29 is 4.74 Å². The molecule has 0 aliphatic carbocycles. The highest BCUT2D eigenvalue weighted by molar-refractivity contribution is 9.10. The van der Waals surface area contributed by atoms with Crippen LogP contribution < -0.4 is 10.1 Å². The molecule has 1 N–H and O–H groups in total. The number of benzene rings is 4. The zero-order valence-corrected chi connectivity index (χ0v) is 17.5. The molecule has 0 saturated heterocycles. The zero-order valence-electron chi connectivity index (χ0n) is 15.2. The Hall–Kier alpha value is -2.49. The normalized spacial score (nSPS) is 10.8. The minimum absolute atomic E-state index is 0.525. The Kier molecular flexibility index (Phi) is 5.84. The van der Waals surface area contributed by atoms with Gasteiger partial charge in [0.15, 0.2) is 0 Å². The number of halogens is 2. The first kappa shape index (κ1) is 18.9. The van der Waals surface area contributed by atoms with Gasteiger partial charge in [0, 0.05) is 6.54 Å². The van der Waals surface area contributed by atoms with Crippen molar-refractivity contribution in [3.8, 4) is 5.75 Å². The van der Waals surface area contributed by atoms with Crippen LogP contribution in [0, 0.1) is 0 Å². The van der Waals surface area contributed by atoms with Crippen LogP contribution in [-0.2, 0) is 13.2 Å². The van der Waals surface area contributed by atoms with E-state index in [1.165, 1.54) is 16.3 Å². The lowest BCUT2D eigenvalue weighted by molar-refractivity contribution is 0.305. The lowest BCUT2D eigenvalue weighted by Crippen LogP contribution is -2.01. The lowest BCUT2D eigenvalue weighted by atomic mass is 10.1. The van der Waals surface area contributed by atoms with Gasteiger partial charge in [-0.2, -0.15) is 0 Å². The fraction of sp³-hybridized carbons (Fsp3) is 0.0833. The number of ether oxygens (including phenoxy) is 1. The van der Waals surface area contributed by atoms with Gasteiger partial charge in [-0.05, 0) is 62.1 Å². The van der Waals surface area contributed by atoms with Gasteiger partial charge in [-0.25, -0.2) is 0 Å². The highest BCUT2D eigenvalue weighted by atomic mass is 79.9. The van der Waals surface area contributed by atoms with Gasteiger partial charge in [0.05, 0.1) is 15.2 Å². The van der Waals surface area contributed by atoms with Crippen molar-refractivity contribution in [3.05, 3.63) is 106 Å². The van der Waals surface area contributed by atoms with Gasteiger partial charge in [0.25, 0.3) is 0 Å². The number of nitrogens with one attached hydrogen (secondary N) is 1. The Morgan fingerprint density at radius 3 is 2.50 bits per heavy atom. The molecular formula is C24H19BrClNO. The smallest absolute Gasteiger partial charge is 0.134 e. The van der Waals surface area contributed by atoms with Crippen LogP contribution in [0.15, 0.2) is 89.4 Å². The van der Waals surface area contributed by atoms with Crippen LogP contribution in [0.5, 0.6) is 5.75 Å². The van der Waals surface area contributed by atoms with Gasteiger partial charge in [-0.3, -0.25) is 0 Å². The Balaban J connectivity index is 1.44. The van der Waals surface area contributed by atoms with Gasteiger partial charge in [-0.15, -0.1) is 0 Å². The molecule has 0 atom stereocenters. The number of fused-ring (bicyclic) bond motifs is 1. The highest BCUT2D eigenvalue weighted by Gasteiger charge is 2.06. The van der Waals surface area contributed by atoms with Crippen molar-refractivity contribution in [3.63, 3.8) is 0 Å². The summed E-state index contributed by atoms with van der Waals surface area (Å²) in [6.45, 7) is 1.21. The van der Waals surface area contributed by atoms with Crippen molar-refractivity contribution in [1.82, 2.24) is 0 Å². The Bertz CT molecular complexity index is 1110. The first-order valence-corrected chi connectivity index (χ1v) is 10.2. The summed E-state index contributed by atoms with van der Waals surface area (Å²) in [7, 11) is 0. The molecule has 4 heteroatoms. The monoisotopic (exact) mass is 451 g/mol. The predicted molar refractivity (Wildman–Crippen MR) is 121 cm³/mol. The molecule has 0 amide bonds. The molecule has 0 aliphatic heterocycles. The van der Waals surface area contributed by atoms with Crippen molar-refractivity contribution in [2.75, 3.05) is 5.32 Å². The molecule has 4 rings (SSSR count). The fourth-order valence-electron chi connectivity index (χ4n) is 3.15. The maximum absolute atomic E-state index is 6.20. The van der Waals surface area contributed by atoms with Crippen molar-refractivity contribution >= 4 is 44.0 Å². The quantitative estimate of drug-likeness (QED) is 0.328. The van der Waals surface area contributed by atoms with Crippen LogP contribution in [0.25, 0.3) is 10.8 Å². The van der Waals surface area contributed by atoms with E-state index >= 15 is 0 Å². The highest BCUT2D eigenvalue weighted by Crippen LogP contribution is 2.29. The van der Waals surface area contributed by atoms with Crippen LogP contribution in [0.1, 0.15) is 11.1 Å². The molecule has 0 aliphatic rings. The predicted octanol–water partition coefficient (Wildman–Crippen LogP) is 7.45. The van der Waals surface area contributed by atoms with Crippen LogP contribution in [0.4, 0.5) is 5.69 Å². The third kappa shape index (κ3) is 4.32. The van der Waals surface area contributed by atoms with Crippen molar-refractivity contribution in [2.24, 2.45) is 0 Å². The van der Waals surface area contributed by atoms with E-state index in [1.54, 1.807) is 0 Å². The van der Waals surface area contributed by atoms with Gasteiger partial charge in [0.2, 0.25) is 0 Å². The molecule has 0 spiro atoms. The molecule has 2 nitrogen and oxygen atoms in total. The fourth-order valence-corrected chi connectivity index (χ4v) is 3.89. The molecule has 140 valence electrons. The molecule has 0 saturated carbocycles. The molecule has 0 aromatic heterocycles. The van der Waals surface area contributed by atoms with Crippen LogP contribution in [0.2, 0.25) is 5.02 Å². The van der Waals surface area contributed by atoms with E-state index in [1.807, 2.05) is 30.3 Å². The number of rotatable bonds is 6. The first-order chi connectivity index (χ1) is 13.7. The van der Waals surface area contributed by atoms with Gasteiger partial charge in [-0.1, -0.05) is 72.3 Å². The van der Waals surface area contributed by atoms with Crippen LogP contribution in [-0.4, -0.2) is 0 Å². The first-order valence-electron chi connectivity index (χ1n) is 9.07. The van der Waals surface area contributed by atoms with Gasteiger partial charge in [0.1, 0.15) is 12.4 Å². The van der Waals surface area contributed by atoms with Crippen LogP contribution >= 0.6 is 27.5 Å². The molecule has 0 unspecified atom stereocenters. The minimum atomic E-state index is 0.525. The summed E-state index contributed by atoms with van der Waals surface area (Å²) in [5.74, 6) is 0.828. The molecule has 0 bridgehead atoms. The summed E-state index contributed by atoms with van der Waals surface area (Å²) in [4.78, 5) is 0. The second-order valence-corrected chi connectivity index (χ2v) is 7.79. The summed E-state index contributed by atoms with van der Waals surface area (Å²) in [6.07, 6.45) is 0. The maximum atomic E-state index is 6.20. The molecule has 4 aromatic rings. The largest absolute Gasteiger partial charge is 0.488 e. The van der Waals surface area contributed by atoms with Crippen LogP contribution in [0.3, 0.4) is 0 Å². The molecule has 0 fully saturated rings. The van der Waals surface area contributed by atoms with E-state index in [-0.39, 0.29) is 0 Å². The van der Waals surface area contributed by atoms with E-state index in [0.29, 0.717) is 13.2 Å². The SMILES string of the molecule is Clc1ccccc1NCc1ccc(OCc2cccc3ccccc23)c(Br)c1. The standard InChI is InChI=1S/C24H19BrClNO/c25-21-14-17(15-27-23-11-4-3-10-22(23)26)12-13-24(21)28-16-19-8-5-7-18-6-1-2-9-20(18)19/h1-14,27H,15-16H2. The van der Waals surface area contributed by atoms with Crippen molar-refractivity contribution in [2.45, 2.75) is 13.2 Å². The molecule has 28 heavy (non-hydrogen) atoms. The van der Waals surface area contributed by atoms with E-state index in [4.69, 9.17) is 16.3 Å². The summed E-state index contributed by atoms with van der Waals surface area (Å²) in [5, 5.41) is 6.53. The number of para-hydroxylation sites is 1. The van der Waals surface area contributed by atoms with Gasteiger partial charge < -0.3 is 10.1 Å². The van der Waals surface area contributed by atoms with E-state index in [9.17, 15) is 0 Å². The third-order valence-corrected chi connectivity index (χ3v) is 5.57. The second-order valence-electron chi connectivity index (χ2n) is 6.53. The molecule has 0 radical (unpaired) electrons. The second kappa shape index (κ2) is 8.68. The summed E-state index contributed by atoms with van der Waals surface area (Å²) >= 11 is 9.83. The van der Waals surface area contributed by atoms with E-state index in [0.717, 1.165) is 26.5 Å². The molecular weight excluding hydrogens is 434 g/mol. The molecule has 4 aromatic carbocycles. The number of hydrogen-bond acceptors (Lipinski definition) is 2. The summed E-state index contributed by atoms with van der Waals surface area (Å²) in [5.41, 5.74) is 3.25.